The number of amides is 2. The number of urea groups is 1. The van der Waals surface area contributed by atoms with Crippen LogP contribution in [0, 0.1) is 5.41 Å². The highest BCUT2D eigenvalue weighted by atomic mass is 79.9. The van der Waals surface area contributed by atoms with E-state index in [0.717, 1.165) is 61.5 Å². The lowest BCUT2D eigenvalue weighted by atomic mass is 9.72. The molecule has 34 heavy (non-hydrogen) atoms. The zero-order valence-corrected chi connectivity index (χ0v) is 21.1. The van der Waals surface area contributed by atoms with E-state index < -0.39 is 0 Å². The Morgan fingerprint density at radius 1 is 1.06 bits per heavy atom. The van der Waals surface area contributed by atoms with E-state index in [-0.39, 0.29) is 11.4 Å². The number of carbonyl (C=O) groups excluding carboxylic acids is 1. The van der Waals surface area contributed by atoms with Gasteiger partial charge in [-0.05, 0) is 89.9 Å². The van der Waals surface area contributed by atoms with Crippen LogP contribution in [-0.4, -0.2) is 47.0 Å². The summed E-state index contributed by atoms with van der Waals surface area (Å²) in [5.74, 6) is 1.60. The van der Waals surface area contributed by atoms with Gasteiger partial charge in [0.15, 0.2) is 0 Å². The van der Waals surface area contributed by atoms with Crippen molar-refractivity contribution < 1.29 is 9.53 Å². The van der Waals surface area contributed by atoms with Gasteiger partial charge < -0.3 is 15.0 Å². The quantitative estimate of drug-likeness (QED) is 0.405. The number of carbonyl (C=O) groups is 1. The molecular weight excluding hydrogens is 516 g/mol. The third-order valence-corrected chi connectivity index (χ3v) is 7.25. The molecular formula is C26H26BrClN4O2. The molecule has 2 fully saturated rings. The molecule has 2 aliphatic heterocycles. The molecule has 0 bridgehead atoms. The Kier molecular flexibility index (Phi) is 6.77. The Balaban J connectivity index is 1.10. The number of anilines is 1. The number of nitrogens with zero attached hydrogens (tertiary/aromatic N) is 3. The maximum absolute atomic E-state index is 12.6. The maximum atomic E-state index is 12.6. The highest BCUT2D eigenvalue weighted by Crippen LogP contribution is 2.41. The van der Waals surface area contributed by atoms with Crippen LogP contribution in [0.3, 0.4) is 0 Å². The molecule has 1 N–H and O–H groups in total. The molecule has 2 saturated heterocycles. The fourth-order valence-corrected chi connectivity index (χ4v) is 5.19. The Labute approximate surface area is 213 Å². The molecule has 0 radical (unpaired) electrons. The number of hydrogen-bond donors (Lipinski definition) is 1. The van der Waals surface area contributed by atoms with Crippen LogP contribution in [0.15, 0.2) is 71.5 Å². The van der Waals surface area contributed by atoms with Gasteiger partial charge in [-0.15, -0.1) is 0 Å². The van der Waals surface area contributed by atoms with Crippen molar-refractivity contribution in [1.82, 2.24) is 14.8 Å². The number of ether oxygens (including phenoxy) is 1. The summed E-state index contributed by atoms with van der Waals surface area (Å²) in [6, 6.07) is 17.5. The number of nitrogens with one attached hydrogen (secondary N) is 1. The van der Waals surface area contributed by atoms with Crippen molar-refractivity contribution in [2.24, 2.45) is 5.41 Å². The van der Waals surface area contributed by atoms with Gasteiger partial charge in [-0.2, -0.15) is 0 Å². The smallest absolute Gasteiger partial charge is 0.321 e. The highest BCUT2D eigenvalue weighted by Gasteiger charge is 2.46. The zero-order valence-electron chi connectivity index (χ0n) is 18.7. The van der Waals surface area contributed by atoms with Crippen molar-refractivity contribution in [3.63, 3.8) is 0 Å². The summed E-state index contributed by atoms with van der Waals surface area (Å²) in [7, 11) is 0. The molecule has 0 saturated carbocycles. The minimum absolute atomic E-state index is 0.0505. The summed E-state index contributed by atoms with van der Waals surface area (Å²) in [5, 5.41) is 3.63. The molecule has 8 heteroatoms. The summed E-state index contributed by atoms with van der Waals surface area (Å²) in [5.41, 5.74) is 2.19. The van der Waals surface area contributed by atoms with Gasteiger partial charge in [0.05, 0.1) is 11.9 Å². The van der Waals surface area contributed by atoms with E-state index in [1.807, 2.05) is 47.4 Å². The number of pyridine rings is 1. The van der Waals surface area contributed by atoms with Crippen molar-refractivity contribution in [1.29, 1.82) is 0 Å². The van der Waals surface area contributed by atoms with Crippen LogP contribution < -0.4 is 10.1 Å². The van der Waals surface area contributed by atoms with E-state index in [1.54, 1.807) is 12.4 Å². The van der Waals surface area contributed by atoms with Crippen LogP contribution in [0.25, 0.3) is 0 Å². The van der Waals surface area contributed by atoms with Crippen molar-refractivity contribution in [3.05, 3.63) is 82.0 Å². The lowest BCUT2D eigenvalue weighted by Crippen LogP contribution is -2.62. The van der Waals surface area contributed by atoms with Gasteiger partial charge in [0.25, 0.3) is 0 Å². The number of piperidine rings is 1. The van der Waals surface area contributed by atoms with Crippen LogP contribution in [0.5, 0.6) is 11.5 Å². The first-order valence-electron chi connectivity index (χ1n) is 11.4. The number of likely N-dealkylation sites (tertiary alicyclic amines) is 2. The molecule has 6 nitrogen and oxygen atoms in total. The summed E-state index contributed by atoms with van der Waals surface area (Å²) >= 11 is 9.34. The van der Waals surface area contributed by atoms with Crippen molar-refractivity contribution in [2.45, 2.75) is 19.4 Å². The second-order valence-electron chi connectivity index (χ2n) is 9.16. The third kappa shape index (κ3) is 5.54. The van der Waals surface area contributed by atoms with Crippen LogP contribution in [0.1, 0.15) is 18.4 Å². The molecule has 0 aliphatic carbocycles. The third-order valence-electron chi connectivity index (χ3n) is 6.57. The Morgan fingerprint density at radius 2 is 1.82 bits per heavy atom. The first kappa shape index (κ1) is 23.1. The SMILES string of the molecule is O=C(Nc1cncc(Br)c1)N1CC2(CCN(Cc3cccc(Oc4ccc(Cl)cc4)c3)CC2)C1. The zero-order chi connectivity index (χ0) is 23.5. The van der Waals surface area contributed by atoms with Gasteiger partial charge in [-0.25, -0.2) is 4.79 Å². The van der Waals surface area contributed by atoms with Gasteiger partial charge in [0.1, 0.15) is 11.5 Å². The van der Waals surface area contributed by atoms with Crippen LogP contribution in [0.4, 0.5) is 10.5 Å². The number of rotatable bonds is 5. The van der Waals surface area contributed by atoms with E-state index >= 15 is 0 Å². The summed E-state index contributed by atoms with van der Waals surface area (Å²) in [6.07, 6.45) is 5.57. The Hall–Kier alpha value is -2.61. The average Bonchev–Trinajstić information content (AvgIpc) is 2.80. The predicted octanol–water partition coefficient (Wildman–Crippen LogP) is 6.42. The van der Waals surface area contributed by atoms with Gasteiger partial charge in [0.2, 0.25) is 0 Å². The summed E-state index contributed by atoms with van der Waals surface area (Å²) < 4.78 is 6.83. The molecule has 1 aromatic heterocycles. The second kappa shape index (κ2) is 9.94. The summed E-state index contributed by atoms with van der Waals surface area (Å²) in [6.45, 7) is 4.60. The van der Waals surface area contributed by atoms with E-state index in [1.165, 1.54) is 5.56 Å². The molecule has 3 heterocycles. The van der Waals surface area contributed by atoms with Gasteiger partial charge in [-0.1, -0.05) is 23.7 Å². The highest BCUT2D eigenvalue weighted by molar-refractivity contribution is 9.10. The molecule has 2 aromatic carbocycles. The topological polar surface area (TPSA) is 57.7 Å². The second-order valence-corrected chi connectivity index (χ2v) is 10.5. The number of aromatic nitrogens is 1. The van der Waals surface area contributed by atoms with E-state index in [9.17, 15) is 4.79 Å². The van der Waals surface area contributed by atoms with Crippen molar-refractivity contribution >= 4 is 39.2 Å². The van der Waals surface area contributed by atoms with E-state index in [2.05, 4.69) is 43.3 Å². The number of benzene rings is 2. The monoisotopic (exact) mass is 540 g/mol. The normalized spacial score (nSPS) is 17.3. The first-order chi connectivity index (χ1) is 16.5. The lowest BCUT2D eigenvalue weighted by molar-refractivity contribution is -0.0200. The van der Waals surface area contributed by atoms with Crippen molar-refractivity contribution in [2.75, 3.05) is 31.5 Å². The van der Waals surface area contributed by atoms with E-state index in [0.29, 0.717) is 10.7 Å². The van der Waals surface area contributed by atoms with Crippen LogP contribution >= 0.6 is 27.5 Å². The summed E-state index contributed by atoms with van der Waals surface area (Å²) in [4.78, 5) is 21.0. The number of hydrogen-bond acceptors (Lipinski definition) is 4. The molecule has 0 atom stereocenters. The van der Waals surface area contributed by atoms with Crippen LogP contribution in [-0.2, 0) is 6.54 Å². The standard InChI is InChI=1S/C26H26BrClN4O2/c27-20-13-22(15-29-14-20)30-25(33)32-17-26(18-32)8-10-31(11-9-26)16-19-2-1-3-24(12-19)34-23-6-4-21(28)5-7-23/h1-7,12-15H,8-11,16-18H2,(H,30,33). The molecule has 2 aliphatic rings. The average molecular weight is 542 g/mol. The Bertz CT molecular complexity index is 1160. The largest absolute Gasteiger partial charge is 0.457 e. The molecule has 3 aromatic rings. The Morgan fingerprint density at radius 3 is 2.56 bits per heavy atom. The molecule has 1 spiro atoms. The van der Waals surface area contributed by atoms with Gasteiger partial charge >= 0.3 is 6.03 Å². The maximum Gasteiger partial charge on any atom is 0.321 e. The molecule has 5 rings (SSSR count). The number of halogens is 2. The molecule has 176 valence electrons. The minimum atomic E-state index is -0.0505. The van der Waals surface area contributed by atoms with E-state index in [4.69, 9.17) is 16.3 Å². The molecule has 0 unspecified atom stereocenters. The predicted molar refractivity (Wildman–Crippen MR) is 137 cm³/mol. The van der Waals surface area contributed by atoms with Gasteiger partial charge in [-0.3, -0.25) is 9.88 Å². The first-order valence-corrected chi connectivity index (χ1v) is 12.5. The van der Waals surface area contributed by atoms with Gasteiger partial charge in [0, 0.05) is 40.7 Å². The fraction of sp³-hybridized carbons (Fsp3) is 0.308. The lowest BCUT2D eigenvalue weighted by Gasteiger charge is -2.53. The minimum Gasteiger partial charge on any atom is -0.457 e. The van der Waals surface area contributed by atoms with Crippen molar-refractivity contribution in [3.8, 4) is 11.5 Å². The molecule has 2 amide bonds. The van der Waals surface area contributed by atoms with Crippen LogP contribution in [0.2, 0.25) is 5.02 Å². The fourth-order valence-electron chi connectivity index (χ4n) is 4.70.